The van der Waals surface area contributed by atoms with Gasteiger partial charge in [-0.05, 0) is 38.1 Å². The molecule has 3 N–H and O–H groups in total. The quantitative estimate of drug-likeness (QED) is 0.676. The maximum absolute atomic E-state index is 11.8. The van der Waals surface area contributed by atoms with Gasteiger partial charge in [0.2, 0.25) is 0 Å². The number of anilines is 1. The van der Waals surface area contributed by atoms with Gasteiger partial charge in [-0.1, -0.05) is 0 Å². The lowest BCUT2D eigenvalue weighted by molar-refractivity contribution is 0.0802. The zero-order chi connectivity index (χ0) is 14.3. The van der Waals surface area contributed by atoms with Crippen LogP contribution in [0.2, 0.25) is 0 Å². The van der Waals surface area contributed by atoms with Crippen LogP contribution in [0.4, 0.5) is 5.69 Å². The molecule has 0 heterocycles. The molecule has 1 amide bonds. The van der Waals surface area contributed by atoms with E-state index in [1.807, 2.05) is 12.1 Å². The third kappa shape index (κ3) is 4.54. The van der Waals surface area contributed by atoms with E-state index in [0.29, 0.717) is 5.56 Å². The minimum atomic E-state index is -0.918. The first-order valence-corrected chi connectivity index (χ1v) is 6.54. The first-order valence-electron chi connectivity index (χ1n) is 6.54. The van der Waals surface area contributed by atoms with Crippen molar-refractivity contribution >= 4 is 11.6 Å². The summed E-state index contributed by atoms with van der Waals surface area (Å²) in [5.74, 6) is -0.251. The Bertz CT molecular complexity index is 388. The van der Waals surface area contributed by atoms with Crippen LogP contribution in [-0.2, 0) is 0 Å². The summed E-state index contributed by atoms with van der Waals surface area (Å²) >= 11 is 0. The summed E-state index contributed by atoms with van der Waals surface area (Å²) in [6.45, 7) is 5.70. The zero-order valence-corrected chi connectivity index (χ0v) is 11.5. The Morgan fingerprint density at radius 1 is 1.26 bits per heavy atom. The van der Waals surface area contributed by atoms with Gasteiger partial charge in [0.1, 0.15) is 0 Å². The highest BCUT2D eigenvalue weighted by Crippen LogP contribution is 2.14. The van der Waals surface area contributed by atoms with Crippen molar-refractivity contribution in [1.29, 1.82) is 0 Å². The summed E-state index contributed by atoms with van der Waals surface area (Å²) in [6.07, 6.45) is -0.918. The summed E-state index contributed by atoms with van der Waals surface area (Å²) in [6, 6.07) is 7.33. The van der Waals surface area contributed by atoms with Gasteiger partial charge in [0.05, 0.1) is 12.7 Å². The van der Waals surface area contributed by atoms with Gasteiger partial charge in [0.15, 0.2) is 0 Å². The lowest BCUT2D eigenvalue weighted by atomic mass is 10.1. The number of carbonyl (C=O) groups is 1. The smallest absolute Gasteiger partial charge is 0.251 e. The van der Waals surface area contributed by atoms with Crippen LogP contribution in [0.1, 0.15) is 24.2 Å². The normalized spacial score (nSPS) is 12.0. The van der Waals surface area contributed by atoms with Crippen molar-refractivity contribution in [2.45, 2.75) is 20.0 Å². The summed E-state index contributed by atoms with van der Waals surface area (Å²) in [7, 11) is 0. The molecule has 106 valence electrons. The molecule has 0 saturated heterocycles. The molecule has 0 bridgehead atoms. The van der Waals surface area contributed by atoms with Crippen molar-refractivity contribution in [3.05, 3.63) is 29.8 Å². The van der Waals surface area contributed by atoms with Gasteiger partial charge in [-0.3, -0.25) is 4.79 Å². The SMILES string of the molecule is CCN(CC)c1ccc(C(=O)NCC(O)CO)cc1. The Morgan fingerprint density at radius 2 is 1.84 bits per heavy atom. The molecule has 0 aliphatic rings. The highest BCUT2D eigenvalue weighted by atomic mass is 16.3. The lowest BCUT2D eigenvalue weighted by Gasteiger charge is -2.21. The van der Waals surface area contributed by atoms with Crippen LogP contribution in [-0.4, -0.2) is 48.5 Å². The third-order valence-corrected chi connectivity index (χ3v) is 2.97. The molecule has 0 saturated carbocycles. The average molecular weight is 266 g/mol. The number of aliphatic hydroxyl groups excluding tert-OH is 2. The number of hydrogen-bond acceptors (Lipinski definition) is 4. The van der Waals surface area contributed by atoms with Crippen LogP contribution in [0.3, 0.4) is 0 Å². The van der Waals surface area contributed by atoms with Crippen LogP contribution in [0.15, 0.2) is 24.3 Å². The number of aliphatic hydroxyl groups is 2. The largest absolute Gasteiger partial charge is 0.394 e. The van der Waals surface area contributed by atoms with Crippen molar-refractivity contribution in [1.82, 2.24) is 5.32 Å². The molecule has 1 atom stereocenters. The second kappa shape index (κ2) is 7.76. The van der Waals surface area contributed by atoms with Gasteiger partial charge in [0.25, 0.3) is 5.91 Å². The molecule has 1 aromatic carbocycles. The van der Waals surface area contributed by atoms with E-state index in [4.69, 9.17) is 10.2 Å². The van der Waals surface area contributed by atoms with Crippen molar-refractivity contribution in [2.24, 2.45) is 0 Å². The Hall–Kier alpha value is -1.59. The molecule has 1 rings (SSSR count). The van der Waals surface area contributed by atoms with E-state index < -0.39 is 6.10 Å². The summed E-state index contributed by atoms with van der Waals surface area (Å²) < 4.78 is 0. The fraction of sp³-hybridized carbons (Fsp3) is 0.500. The molecule has 19 heavy (non-hydrogen) atoms. The standard InChI is InChI=1S/C14H22N2O3/c1-3-16(4-2)12-7-5-11(6-8-12)14(19)15-9-13(18)10-17/h5-8,13,17-18H,3-4,9-10H2,1-2H3,(H,15,19). The van der Waals surface area contributed by atoms with E-state index in [0.717, 1.165) is 18.8 Å². The Labute approximate surface area is 113 Å². The van der Waals surface area contributed by atoms with Crippen LogP contribution in [0, 0.1) is 0 Å². The summed E-state index contributed by atoms with van der Waals surface area (Å²) in [5, 5.41) is 20.4. The molecule has 0 radical (unpaired) electrons. The van der Waals surface area contributed by atoms with E-state index in [2.05, 4.69) is 24.1 Å². The fourth-order valence-corrected chi connectivity index (χ4v) is 1.79. The number of hydrogen-bond donors (Lipinski definition) is 3. The van der Waals surface area contributed by atoms with Gasteiger partial charge in [0, 0.05) is 30.9 Å². The monoisotopic (exact) mass is 266 g/mol. The third-order valence-electron chi connectivity index (χ3n) is 2.97. The lowest BCUT2D eigenvalue weighted by Crippen LogP contribution is -2.33. The van der Waals surface area contributed by atoms with Crippen LogP contribution >= 0.6 is 0 Å². The minimum Gasteiger partial charge on any atom is -0.394 e. The predicted octanol–water partition coefficient (Wildman–Crippen LogP) is 0.616. The Kier molecular flexibility index (Phi) is 6.32. The van der Waals surface area contributed by atoms with E-state index in [-0.39, 0.29) is 19.1 Å². The molecule has 5 nitrogen and oxygen atoms in total. The van der Waals surface area contributed by atoms with Crippen molar-refractivity contribution < 1.29 is 15.0 Å². The molecule has 0 aliphatic heterocycles. The molecule has 0 aliphatic carbocycles. The number of nitrogens with one attached hydrogen (secondary N) is 1. The predicted molar refractivity (Wildman–Crippen MR) is 75.4 cm³/mol. The molecule has 1 unspecified atom stereocenters. The molecule has 5 heteroatoms. The number of amides is 1. The first kappa shape index (κ1) is 15.5. The second-order valence-electron chi connectivity index (χ2n) is 4.27. The van der Waals surface area contributed by atoms with E-state index in [1.54, 1.807) is 12.1 Å². The topological polar surface area (TPSA) is 72.8 Å². The summed E-state index contributed by atoms with van der Waals surface area (Å²) in [5.41, 5.74) is 1.62. The Balaban J connectivity index is 2.62. The van der Waals surface area contributed by atoms with Crippen LogP contribution in [0.25, 0.3) is 0 Å². The van der Waals surface area contributed by atoms with Gasteiger partial charge in [-0.2, -0.15) is 0 Å². The van der Waals surface area contributed by atoms with Gasteiger partial charge >= 0.3 is 0 Å². The van der Waals surface area contributed by atoms with Crippen LogP contribution in [0.5, 0.6) is 0 Å². The van der Waals surface area contributed by atoms with Crippen LogP contribution < -0.4 is 10.2 Å². The van der Waals surface area contributed by atoms with Gasteiger partial charge in [-0.15, -0.1) is 0 Å². The molecule has 0 aromatic heterocycles. The second-order valence-corrected chi connectivity index (χ2v) is 4.27. The van der Waals surface area contributed by atoms with E-state index >= 15 is 0 Å². The average Bonchev–Trinajstić information content (AvgIpc) is 2.46. The molecular weight excluding hydrogens is 244 g/mol. The number of benzene rings is 1. The zero-order valence-electron chi connectivity index (χ0n) is 11.5. The minimum absolute atomic E-state index is 0.0487. The number of rotatable bonds is 7. The van der Waals surface area contributed by atoms with Crippen molar-refractivity contribution in [3.8, 4) is 0 Å². The van der Waals surface area contributed by atoms with Gasteiger partial charge in [-0.25, -0.2) is 0 Å². The molecule has 0 fully saturated rings. The highest BCUT2D eigenvalue weighted by molar-refractivity contribution is 5.94. The van der Waals surface area contributed by atoms with Crippen molar-refractivity contribution in [2.75, 3.05) is 31.1 Å². The Morgan fingerprint density at radius 3 is 2.32 bits per heavy atom. The molecular formula is C14H22N2O3. The number of carbonyl (C=O) groups excluding carboxylic acids is 1. The summed E-state index contributed by atoms with van der Waals surface area (Å²) in [4.78, 5) is 14.0. The van der Waals surface area contributed by atoms with Crippen molar-refractivity contribution in [3.63, 3.8) is 0 Å². The van der Waals surface area contributed by atoms with E-state index in [1.165, 1.54) is 0 Å². The maximum atomic E-state index is 11.8. The fourth-order valence-electron chi connectivity index (χ4n) is 1.79. The maximum Gasteiger partial charge on any atom is 0.251 e. The van der Waals surface area contributed by atoms with Gasteiger partial charge < -0.3 is 20.4 Å². The highest BCUT2D eigenvalue weighted by Gasteiger charge is 2.09. The first-order chi connectivity index (χ1) is 9.12. The molecule has 1 aromatic rings. The molecule has 0 spiro atoms. The van der Waals surface area contributed by atoms with E-state index in [9.17, 15) is 4.79 Å². The number of nitrogens with zero attached hydrogens (tertiary/aromatic N) is 1.